The quantitative estimate of drug-likeness (QED) is 0.887. The third-order valence-electron chi connectivity index (χ3n) is 2.59. The highest BCUT2D eigenvalue weighted by Gasteiger charge is 2.12. The molecule has 1 aromatic carbocycles. The summed E-state index contributed by atoms with van der Waals surface area (Å²) in [5, 5.41) is 3.85. The Bertz CT molecular complexity index is 695. The van der Waals surface area contributed by atoms with Gasteiger partial charge in [0.15, 0.2) is 5.13 Å². The molecule has 0 saturated carbocycles. The van der Waals surface area contributed by atoms with Gasteiger partial charge in [-0.15, -0.1) is 0 Å². The zero-order valence-corrected chi connectivity index (χ0v) is 13.3. The molecule has 7 heteroatoms. The predicted molar refractivity (Wildman–Crippen MR) is 83.6 cm³/mol. The Labute approximate surface area is 122 Å². The summed E-state index contributed by atoms with van der Waals surface area (Å²) >= 11 is 1.49. The molecule has 0 aliphatic carbocycles. The summed E-state index contributed by atoms with van der Waals surface area (Å²) in [5.74, 6) is 0.909. The number of thiazole rings is 1. The van der Waals surface area contributed by atoms with Crippen molar-refractivity contribution in [3.05, 3.63) is 18.2 Å². The number of sulfone groups is 1. The fourth-order valence-electron chi connectivity index (χ4n) is 1.93. The maximum Gasteiger partial charge on any atom is 0.184 e. The Morgan fingerprint density at radius 2 is 2.20 bits per heavy atom. The van der Waals surface area contributed by atoms with E-state index in [2.05, 4.69) is 10.3 Å². The van der Waals surface area contributed by atoms with Gasteiger partial charge in [0.2, 0.25) is 0 Å². The summed E-state index contributed by atoms with van der Waals surface area (Å²) in [5.41, 5.74) is 0.882. The van der Waals surface area contributed by atoms with Crippen molar-refractivity contribution < 1.29 is 13.2 Å². The van der Waals surface area contributed by atoms with Gasteiger partial charge in [-0.3, -0.25) is 0 Å². The smallest absolute Gasteiger partial charge is 0.184 e. The number of benzene rings is 1. The van der Waals surface area contributed by atoms with Crippen molar-refractivity contribution in [2.75, 3.05) is 23.9 Å². The molecule has 0 bridgehead atoms. The molecule has 0 fully saturated rings. The van der Waals surface area contributed by atoms with Gasteiger partial charge in [0, 0.05) is 12.3 Å². The molecule has 1 N–H and O–H groups in total. The highest BCUT2D eigenvalue weighted by atomic mass is 32.2. The molecular weight excluding hydrogens is 296 g/mol. The second-order valence-corrected chi connectivity index (χ2v) is 7.93. The van der Waals surface area contributed by atoms with Crippen LogP contribution >= 0.6 is 11.3 Å². The van der Waals surface area contributed by atoms with E-state index >= 15 is 0 Å². The number of hydrogen-bond donors (Lipinski definition) is 1. The predicted octanol–water partition coefficient (Wildman–Crippen LogP) is 2.54. The molecule has 2 rings (SSSR count). The lowest BCUT2D eigenvalue weighted by Crippen LogP contribution is -2.24. The minimum Gasteiger partial charge on any atom is -0.494 e. The highest BCUT2D eigenvalue weighted by Crippen LogP contribution is 2.29. The van der Waals surface area contributed by atoms with Crippen LogP contribution < -0.4 is 10.1 Å². The number of fused-ring (bicyclic) bond motifs is 1. The lowest BCUT2D eigenvalue weighted by Gasteiger charge is -2.10. The molecule has 0 aliphatic rings. The molecule has 0 radical (unpaired) electrons. The summed E-state index contributed by atoms with van der Waals surface area (Å²) in [6, 6.07) is 5.57. The summed E-state index contributed by atoms with van der Waals surface area (Å²) in [6.07, 6.45) is 1.23. The van der Waals surface area contributed by atoms with Gasteiger partial charge in [0.1, 0.15) is 15.6 Å². The van der Waals surface area contributed by atoms with Crippen LogP contribution in [0.25, 0.3) is 10.2 Å². The van der Waals surface area contributed by atoms with Gasteiger partial charge >= 0.3 is 0 Å². The molecule has 0 amide bonds. The minimum atomic E-state index is -2.99. The van der Waals surface area contributed by atoms with Crippen molar-refractivity contribution >= 4 is 36.5 Å². The SMILES string of the molecule is CCOc1ccc2nc(NC(C)CS(C)(=O)=O)sc2c1. The zero-order chi connectivity index (χ0) is 14.8. The van der Waals surface area contributed by atoms with E-state index in [0.717, 1.165) is 21.1 Å². The maximum absolute atomic E-state index is 11.2. The largest absolute Gasteiger partial charge is 0.494 e. The number of rotatable bonds is 6. The number of nitrogens with one attached hydrogen (secondary N) is 1. The van der Waals surface area contributed by atoms with Gasteiger partial charge in [-0.05, 0) is 32.0 Å². The third kappa shape index (κ3) is 4.08. The fraction of sp³-hybridized carbons (Fsp3) is 0.462. The van der Waals surface area contributed by atoms with E-state index in [0.29, 0.717) is 6.61 Å². The van der Waals surface area contributed by atoms with Crippen molar-refractivity contribution in [3.8, 4) is 5.75 Å². The molecule has 1 unspecified atom stereocenters. The molecule has 2 aromatic rings. The van der Waals surface area contributed by atoms with Crippen molar-refractivity contribution in [2.45, 2.75) is 19.9 Å². The van der Waals surface area contributed by atoms with E-state index in [1.54, 1.807) is 0 Å². The van der Waals surface area contributed by atoms with E-state index in [4.69, 9.17) is 4.74 Å². The number of nitrogens with zero attached hydrogens (tertiary/aromatic N) is 1. The van der Waals surface area contributed by atoms with Crippen LogP contribution in [-0.4, -0.2) is 38.1 Å². The van der Waals surface area contributed by atoms with Crippen LogP contribution in [0.2, 0.25) is 0 Å². The number of anilines is 1. The molecule has 1 heterocycles. The van der Waals surface area contributed by atoms with Gasteiger partial charge in [0.05, 0.1) is 22.6 Å². The topological polar surface area (TPSA) is 68.3 Å². The fourth-order valence-corrected chi connectivity index (χ4v) is 3.93. The van der Waals surface area contributed by atoms with Crippen LogP contribution in [0, 0.1) is 0 Å². The molecule has 0 saturated heterocycles. The Kier molecular flexibility index (Phi) is 4.49. The number of hydrogen-bond acceptors (Lipinski definition) is 6. The molecule has 110 valence electrons. The van der Waals surface area contributed by atoms with Crippen LogP contribution in [0.1, 0.15) is 13.8 Å². The van der Waals surface area contributed by atoms with Crippen molar-refractivity contribution in [1.82, 2.24) is 4.98 Å². The van der Waals surface area contributed by atoms with E-state index in [9.17, 15) is 8.42 Å². The molecule has 5 nitrogen and oxygen atoms in total. The van der Waals surface area contributed by atoms with Crippen molar-refractivity contribution in [2.24, 2.45) is 0 Å². The van der Waals surface area contributed by atoms with Gasteiger partial charge in [0.25, 0.3) is 0 Å². The van der Waals surface area contributed by atoms with E-state index in [1.165, 1.54) is 17.6 Å². The monoisotopic (exact) mass is 314 g/mol. The first-order chi connectivity index (χ1) is 9.37. The van der Waals surface area contributed by atoms with Crippen molar-refractivity contribution in [3.63, 3.8) is 0 Å². The standard InChI is InChI=1S/C13H18N2O3S2/c1-4-18-10-5-6-11-12(7-10)19-13(15-11)14-9(2)8-20(3,16)17/h5-7,9H,4,8H2,1-3H3,(H,14,15). The summed E-state index contributed by atoms with van der Waals surface area (Å²) in [4.78, 5) is 4.44. The second-order valence-electron chi connectivity index (χ2n) is 4.72. The van der Waals surface area contributed by atoms with E-state index in [1.807, 2.05) is 32.0 Å². The maximum atomic E-state index is 11.2. The third-order valence-corrected chi connectivity index (χ3v) is 4.65. The lowest BCUT2D eigenvalue weighted by molar-refractivity contribution is 0.341. The number of ether oxygens (including phenoxy) is 1. The Morgan fingerprint density at radius 1 is 1.45 bits per heavy atom. The highest BCUT2D eigenvalue weighted by molar-refractivity contribution is 7.90. The second kappa shape index (κ2) is 5.97. The van der Waals surface area contributed by atoms with Crippen LogP contribution in [0.15, 0.2) is 18.2 Å². The van der Waals surface area contributed by atoms with Crippen LogP contribution in [0.5, 0.6) is 5.75 Å². The average Bonchev–Trinajstić information content (AvgIpc) is 2.67. The van der Waals surface area contributed by atoms with Gasteiger partial charge in [-0.1, -0.05) is 11.3 Å². The molecule has 0 spiro atoms. The van der Waals surface area contributed by atoms with Crippen LogP contribution in [0.3, 0.4) is 0 Å². The van der Waals surface area contributed by atoms with E-state index in [-0.39, 0.29) is 11.8 Å². The summed E-state index contributed by atoms with van der Waals surface area (Å²) < 4.78 is 29.0. The molecule has 20 heavy (non-hydrogen) atoms. The van der Waals surface area contributed by atoms with Gasteiger partial charge < -0.3 is 10.1 Å². The Hall–Kier alpha value is -1.34. The summed E-state index contributed by atoms with van der Waals surface area (Å²) in [7, 11) is -2.99. The van der Waals surface area contributed by atoms with E-state index < -0.39 is 9.84 Å². The first-order valence-electron chi connectivity index (χ1n) is 6.35. The molecule has 1 atom stereocenters. The Morgan fingerprint density at radius 3 is 2.85 bits per heavy atom. The molecule has 0 aliphatic heterocycles. The van der Waals surface area contributed by atoms with Crippen molar-refractivity contribution in [1.29, 1.82) is 0 Å². The lowest BCUT2D eigenvalue weighted by atomic mass is 10.3. The molecular formula is C13H18N2O3S2. The number of aromatic nitrogens is 1. The van der Waals surface area contributed by atoms with Crippen LogP contribution in [-0.2, 0) is 9.84 Å². The average molecular weight is 314 g/mol. The first-order valence-corrected chi connectivity index (χ1v) is 9.22. The summed E-state index contributed by atoms with van der Waals surface area (Å²) in [6.45, 7) is 4.40. The Balaban J connectivity index is 2.15. The first kappa shape index (κ1) is 15.1. The normalized spacial score (nSPS) is 13.3. The van der Waals surface area contributed by atoms with Gasteiger partial charge in [-0.2, -0.15) is 0 Å². The zero-order valence-electron chi connectivity index (χ0n) is 11.7. The van der Waals surface area contributed by atoms with Crippen LogP contribution in [0.4, 0.5) is 5.13 Å². The van der Waals surface area contributed by atoms with Gasteiger partial charge in [-0.25, -0.2) is 13.4 Å². The molecule has 1 aromatic heterocycles. The minimum absolute atomic E-state index is 0.0904.